The number of halogens is 1. The van der Waals surface area contributed by atoms with E-state index in [0.717, 1.165) is 10.9 Å². The fourth-order valence-corrected chi connectivity index (χ4v) is 1.95. The summed E-state index contributed by atoms with van der Waals surface area (Å²) in [4.78, 5) is 10.7. The smallest absolute Gasteiger partial charge is 0.307 e. The van der Waals surface area contributed by atoms with Gasteiger partial charge in [-0.05, 0) is 23.8 Å². The molecular weight excluding hydrogens is 214 g/mol. The number of fused-ring (bicyclic) bond motifs is 1. The summed E-state index contributed by atoms with van der Waals surface area (Å²) in [5.74, 6) is -0.867. The molecule has 0 atom stereocenters. The van der Waals surface area contributed by atoms with Gasteiger partial charge in [0.15, 0.2) is 0 Å². The van der Waals surface area contributed by atoms with E-state index in [2.05, 4.69) is 0 Å². The van der Waals surface area contributed by atoms with Gasteiger partial charge in [0.05, 0.1) is 6.42 Å². The van der Waals surface area contributed by atoms with Crippen LogP contribution in [0.4, 0.5) is 0 Å². The van der Waals surface area contributed by atoms with Gasteiger partial charge in [-0.15, -0.1) is 0 Å². The van der Waals surface area contributed by atoms with Crippen LogP contribution < -0.4 is 0 Å². The van der Waals surface area contributed by atoms with Crippen LogP contribution in [0.2, 0.25) is 5.02 Å². The molecule has 0 radical (unpaired) electrons. The van der Waals surface area contributed by atoms with Crippen LogP contribution in [-0.4, -0.2) is 15.6 Å². The zero-order valence-electron chi connectivity index (χ0n) is 8.20. The van der Waals surface area contributed by atoms with E-state index in [1.807, 2.05) is 29.9 Å². The monoisotopic (exact) mass is 223 g/mol. The van der Waals surface area contributed by atoms with Gasteiger partial charge in [-0.25, -0.2) is 0 Å². The third-order valence-corrected chi connectivity index (χ3v) is 2.80. The minimum Gasteiger partial charge on any atom is -0.481 e. The van der Waals surface area contributed by atoms with Gasteiger partial charge in [0.25, 0.3) is 0 Å². The quantitative estimate of drug-likeness (QED) is 0.850. The van der Waals surface area contributed by atoms with E-state index in [4.69, 9.17) is 16.7 Å². The van der Waals surface area contributed by atoms with Gasteiger partial charge in [-0.1, -0.05) is 11.6 Å². The van der Waals surface area contributed by atoms with Crippen molar-refractivity contribution in [2.45, 2.75) is 6.42 Å². The Morgan fingerprint density at radius 2 is 2.20 bits per heavy atom. The first-order valence-corrected chi connectivity index (χ1v) is 4.91. The Bertz CT molecular complexity index is 531. The lowest BCUT2D eigenvalue weighted by Gasteiger charge is -2.04. The number of carbonyl (C=O) groups is 1. The normalized spacial score (nSPS) is 10.8. The third kappa shape index (κ3) is 1.70. The number of aryl methyl sites for hydroxylation is 1. The van der Waals surface area contributed by atoms with Gasteiger partial charge < -0.3 is 9.67 Å². The molecule has 0 spiro atoms. The van der Waals surface area contributed by atoms with Crippen LogP contribution in [0.25, 0.3) is 10.9 Å². The average Bonchev–Trinajstić information content (AvgIpc) is 2.52. The first-order chi connectivity index (χ1) is 7.09. The van der Waals surface area contributed by atoms with Crippen LogP contribution in [0.15, 0.2) is 24.4 Å². The summed E-state index contributed by atoms with van der Waals surface area (Å²) in [5.41, 5.74) is 1.68. The zero-order valence-corrected chi connectivity index (χ0v) is 8.95. The van der Waals surface area contributed by atoms with Crippen LogP contribution >= 0.6 is 11.6 Å². The molecule has 0 saturated heterocycles. The van der Waals surface area contributed by atoms with Crippen molar-refractivity contribution in [1.29, 1.82) is 0 Å². The number of nitrogens with zero attached hydrogens (tertiary/aromatic N) is 1. The number of hydrogen-bond acceptors (Lipinski definition) is 1. The fourth-order valence-electron chi connectivity index (χ4n) is 1.72. The van der Waals surface area contributed by atoms with Crippen molar-refractivity contribution in [3.05, 3.63) is 35.0 Å². The van der Waals surface area contributed by atoms with Gasteiger partial charge in [0.2, 0.25) is 0 Å². The second-order valence-corrected chi connectivity index (χ2v) is 3.86. The highest BCUT2D eigenvalue weighted by Crippen LogP contribution is 2.27. The second-order valence-electron chi connectivity index (χ2n) is 3.46. The van der Waals surface area contributed by atoms with E-state index in [1.165, 1.54) is 0 Å². The lowest BCUT2D eigenvalue weighted by molar-refractivity contribution is -0.136. The zero-order chi connectivity index (χ0) is 11.0. The van der Waals surface area contributed by atoms with Crippen molar-refractivity contribution < 1.29 is 9.90 Å². The van der Waals surface area contributed by atoms with Gasteiger partial charge in [-0.2, -0.15) is 0 Å². The van der Waals surface area contributed by atoms with Crippen LogP contribution in [0, 0.1) is 0 Å². The van der Waals surface area contributed by atoms with E-state index >= 15 is 0 Å². The number of aromatic nitrogens is 1. The molecule has 0 fully saturated rings. The summed E-state index contributed by atoms with van der Waals surface area (Å²) in [6, 6.07) is 5.52. The number of hydrogen-bond donors (Lipinski definition) is 1. The predicted octanol–water partition coefficient (Wildman–Crippen LogP) is 2.46. The molecule has 0 saturated carbocycles. The molecule has 1 heterocycles. The Kier molecular flexibility index (Phi) is 2.40. The lowest BCUT2D eigenvalue weighted by atomic mass is 10.1. The van der Waals surface area contributed by atoms with Crippen molar-refractivity contribution in [1.82, 2.24) is 4.57 Å². The Morgan fingerprint density at radius 3 is 2.87 bits per heavy atom. The summed E-state index contributed by atoms with van der Waals surface area (Å²) in [6.45, 7) is 0. The van der Waals surface area contributed by atoms with Gasteiger partial charge in [0, 0.05) is 29.2 Å². The standard InChI is InChI=1S/C11H10ClNO2/c1-13-5-4-7-8(6-11(14)15)9(12)2-3-10(7)13/h2-5H,6H2,1H3,(H,14,15). The van der Waals surface area contributed by atoms with Crippen LogP contribution in [-0.2, 0) is 18.3 Å². The number of carboxylic acids is 1. The maximum Gasteiger partial charge on any atom is 0.307 e. The van der Waals surface area contributed by atoms with Crippen molar-refractivity contribution in [3.8, 4) is 0 Å². The number of rotatable bonds is 2. The van der Waals surface area contributed by atoms with Crippen molar-refractivity contribution in [3.63, 3.8) is 0 Å². The number of benzene rings is 1. The Balaban J connectivity index is 2.68. The van der Waals surface area contributed by atoms with Gasteiger partial charge >= 0.3 is 5.97 Å². The minimum atomic E-state index is -0.867. The molecule has 0 unspecified atom stereocenters. The molecule has 3 nitrogen and oxygen atoms in total. The highest BCUT2D eigenvalue weighted by molar-refractivity contribution is 6.32. The third-order valence-electron chi connectivity index (χ3n) is 2.45. The maximum atomic E-state index is 10.7. The first kappa shape index (κ1) is 10.1. The lowest BCUT2D eigenvalue weighted by Crippen LogP contribution is -2.01. The summed E-state index contributed by atoms with van der Waals surface area (Å²) in [7, 11) is 1.92. The second kappa shape index (κ2) is 3.59. The minimum absolute atomic E-state index is 0.0415. The molecule has 2 aromatic rings. The Labute approximate surface area is 91.9 Å². The van der Waals surface area contributed by atoms with E-state index in [-0.39, 0.29) is 6.42 Å². The van der Waals surface area contributed by atoms with Gasteiger partial charge in [0.1, 0.15) is 0 Å². The SMILES string of the molecule is Cn1ccc2c(CC(=O)O)c(Cl)ccc21. The molecule has 1 N–H and O–H groups in total. The average molecular weight is 224 g/mol. The van der Waals surface area contributed by atoms with Crippen molar-refractivity contribution in [2.24, 2.45) is 7.05 Å². The van der Waals surface area contributed by atoms with Crippen LogP contribution in [0.1, 0.15) is 5.56 Å². The molecule has 2 rings (SSSR count). The summed E-state index contributed by atoms with van der Waals surface area (Å²) >= 11 is 5.98. The molecule has 0 aliphatic carbocycles. The molecule has 0 bridgehead atoms. The van der Waals surface area contributed by atoms with Gasteiger partial charge in [-0.3, -0.25) is 4.79 Å². The topological polar surface area (TPSA) is 42.2 Å². The molecule has 4 heteroatoms. The number of aliphatic carboxylic acids is 1. The molecule has 1 aromatic heterocycles. The molecule has 0 amide bonds. The molecule has 0 aliphatic rings. The predicted molar refractivity (Wildman–Crippen MR) is 59.3 cm³/mol. The molecule has 0 aliphatic heterocycles. The van der Waals surface area contributed by atoms with E-state index < -0.39 is 5.97 Å². The number of carboxylic acid groups (broad SMARTS) is 1. The largest absolute Gasteiger partial charge is 0.481 e. The molecular formula is C11H10ClNO2. The van der Waals surface area contributed by atoms with Crippen molar-refractivity contribution >= 4 is 28.5 Å². The summed E-state index contributed by atoms with van der Waals surface area (Å²) in [6.07, 6.45) is 1.85. The summed E-state index contributed by atoms with van der Waals surface area (Å²) < 4.78 is 1.94. The first-order valence-electron chi connectivity index (χ1n) is 4.54. The Morgan fingerprint density at radius 1 is 1.47 bits per heavy atom. The Hall–Kier alpha value is -1.48. The van der Waals surface area contributed by atoms with E-state index in [9.17, 15) is 4.79 Å². The fraction of sp³-hybridized carbons (Fsp3) is 0.182. The van der Waals surface area contributed by atoms with Crippen LogP contribution in [0.3, 0.4) is 0 Å². The molecule has 15 heavy (non-hydrogen) atoms. The van der Waals surface area contributed by atoms with Crippen molar-refractivity contribution in [2.75, 3.05) is 0 Å². The maximum absolute atomic E-state index is 10.7. The highest BCUT2D eigenvalue weighted by Gasteiger charge is 2.11. The molecule has 1 aromatic carbocycles. The van der Waals surface area contributed by atoms with E-state index in [0.29, 0.717) is 10.6 Å². The van der Waals surface area contributed by atoms with Crippen LogP contribution in [0.5, 0.6) is 0 Å². The molecule has 78 valence electrons. The van der Waals surface area contributed by atoms with E-state index in [1.54, 1.807) is 6.07 Å². The highest BCUT2D eigenvalue weighted by atomic mass is 35.5. The summed E-state index contributed by atoms with van der Waals surface area (Å²) in [5, 5.41) is 10.2.